The highest BCUT2D eigenvalue weighted by atomic mass is 35.5. The molecule has 0 fully saturated rings. The molecule has 0 radical (unpaired) electrons. The van der Waals surface area contributed by atoms with Crippen LogP contribution in [0.4, 0.5) is 11.4 Å². The van der Waals surface area contributed by atoms with Crippen LogP contribution in [0.1, 0.15) is 37.5 Å². The maximum absolute atomic E-state index is 13.3. The van der Waals surface area contributed by atoms with Gasteiger partial charge < -0.3 is 15.5 Å². The molecular formula is C24H20ClN3O2. The topological polar surface area (TPSA) is 76.6 Å². The molecule has 2 aromatic heterocycles. The largest absolute Gasteiger partial charge is 0.396 e. The Bertz CT molecular complexity index is 1310. The number of halogens is 1. The summed E-state index contributed by atoms with van der Waals surface area (Å²) < 4.78 is 1.66. The number of carbonyl (C=O) groups excluding carboxylic acids is 2. The van der Waals surface area contributed by atoms with Crippen molar-refractivity contribution in [2.45, 2.75) is 13.8 Å². The molecule has 0 saturated carbocycles. The molecule has 0 atom stereocenters. The summed E-state index contributed by atoms with van der Waals surface area (Å²) in [4.78, 5) is 26.4. The van der Waals surface area contributed by atoms with Crippen LogP contribution in [-0.4, -0.2) is 16.1 Å². The van der Waals surface area contributed by atoms with Crippen LogP contribution in [0.2, 0.25) is 5.02 Å². The third-order valence-corrected chi connectivity index (χ3v) is 5.54. The summed E-state index contributed by atoms with van der Waals surface area (Å²) in [5, 5.41) is 3.21. The predicted octanol–water partition coefficient (Wildman–Crippen LogP) is 5.28. The molecule has 4 rings (SSSR count). The first kappa shape index (κ1) is 19.7. The van der Waals surface area contributed by atoms with Crippen LogP contribution in [0.25, 0.3) is 5.52 Å². The van der Waals surface area contributed by atoms with E-state index in [2.05, 4.69) is 5.32 Å². The second-order valence-electron chi connectivity index (χ2n) is 7.16. The fourth-order valence-electron chi connectivity index (χ4n) is 3.47. The summed E-state index contributed by atoms with van der Waals surface area (Å²) in [6, 6.07) is 17.8. The Morgan fingerprint density at radius 3 is 2.43 bits per heavy atom. The molecule has 0 aliphatic heterocycles. The molecule has 5 nitrogen and oxygen atoms in total. The number of benzene rings is 2. The molecule has 0 unspecified atom stereocenters. The van der Waals surface area contributed by atoms with E-state index in [1.54, 1.807) is 59.1 Å². The maximum atomic E-state index is 13.3. The summed E-state index contributed by atoms with van der Waals surface area (Å²) in [6.07, 6.45) is 1.73. The average molecular weight is 418 g/mol. The van der Waals surface area contributed by atoms with Crippen LogP contribution in [0.15, 0.2) is 66.9 Å². The molecule has 30 heavy (non-hydrogen) atoms. The first-order chi connectivity index (χ1) is 14.4. The molecule has 0 spiro atoms. The lowest BCUT2D eigenvalue weighted by Crippen LogP contribution is -2.14. The maximum Gasteiger partial charge on any atom is 0.260 e. The van der Waals surface area contributed by atoms with Gasteiger partial charge in [-0.25, -0.2) is 0 Å². The smallest absolute Gasteiger partial charge is 0.260 e. The Hall–Kier alpha value is -3.57. The van der Waals surface area contributed by atoms with Crippen LogP contribution in [-0.2, 0) is 0 Å². The highest BCUT2D eigenvalue weighted by Gasteiger charge is 2.26. The summed E-state index contributed by atoms with van der Waals surface area (Å²) in [5.41, 5.74) is 10.7. The number of hydrogen-bond acceptors (Lipinski definition) is 3. The van der Waals surface area contributed by atoms with Gasteiger partial charge in [-0.1, -0.05) is 41.9 Å². The van der Waals surface area contributed by atoms with Crippen molar-refractivity contribution in [3.63, 3.8) is 0 Å². The SMILES string of the molecule is Cc1ccc(C(=O)c2c(N)c(C(=O)Nc3ccccc3Cl)c3ccccn23)cc1C. The Labute approximate surface area is 179 Å². The minimum Gasteiger partial charge on any atom is -0.396 e. The van der Waals surface area contributed by atoms with Gasteiger partial charge in [-0.05, 0) is 55.3 Å². The van der Waals surface area contributed by atoms with Crippen LogP contribution in [0.3, 0.4) is 0 Å². The third kappa shape index (κ3) is 3.33. The number of amides is 1. The number of nitrogens with two attached hydrogens (primary N) is 1. The van der Waals surface area contributed by atoms with Gasteiger partial charge in [0.1, 0.15) is 5.69 Å². The molecule has 4 aromatic rings. The number of nitrogens with one attached hydrogen (secondary N) is 1. The van der Waals surface area contributed by atoms with Gasteiger partial charge in [-0.3, -0.25) is 9.59 Å². The van der Waals surface area contributed by atoms with Crippen LogP contribution in [0, 0.1) is 13.8 Å². The monoisotopic (exact) mass is 417 g/mol. The quantitative estimate of drug-likeness (QED) is 0.444. The first-order valence-electron chi connectivity index (χ1n) is 9.45. The van der Waals surface area contributed by atoms with E-state index in [1.807, 2.05) is 26.0 Å². The van der Waals surface area contributed by atoms with Crippen molar-refractivity contribution in [1.82, 2.24) is 4.40 Å². The Morgan fingerprint density at radius 2 is 1.70 bits per heavy atom. The standard InChI is InChI=1S/C24H20ClN3O2/c1-14-10-11-16(13-15(14)2)23(29)22-21(26)20(19-9-5-6-12-28(19)22)24(30)27-18-8-4-3-7-17(18)25/h3-13H,26H2,1-2H3,(H,27,30). The molecule has 0 saturated heterocycles. The summed E-state index contributed by atoms with van der Waals surface area (Å²) in [7, 11) is 0. The van der Waals surface area contributed by atoms with Crippen molar-refractivity contribution in [3.8, 4) is 0 Å². The average Bonchev–Trinajstić information content (AvgIpc) is 3.03. The Kier molecular flexibility index (Phi) is 5.06. The van der Waals surface area contributed by atoms with Gasteiger partial charge >= 0.3 is 0 Å². The fraction of sp³-hybridized carbons (Fsp3) is 0.0833. The number of anilines is 2. The second kappa shape index (κ2) is 7.69. The van der Waals surface area contributed by atoms with Crippen molar-refractivity contribution in [3.05, 3.63) is 99.8 Å². The molecule has 0 aliphatic carbocycles. The van der Waals surface area contributed by atoms with E-state index < -0.39 is 5.91 Å². The van der Waals surface area contributed by atoms with Gasteiger partial charge in [0.25, 0.3) is 5.91 Å². The van der Waals surface area contributed by atoms with Gasteiger partial charge in [-0.15, -0.1) is 0 Å². The molecule has 2 heterocycles. The molecule has 1 amide bonds. The zero-order valence-corrected chi connectivity index (χ0v) is 17.3. The van der Waals surface area contributed by atoms with Crippen molar-refractivity contribution in [2.24, 2.45) is 0 Å². The van der Waals surface area contributed by atoms with Gasteiger partial charge in [0.15, 0.2) is 0 Å². The number of aryl methyl sites for hydroxylation is 2. The highest BCUT2D eigenvalue weighted by molar-refractivity contribution is 6.34. The highest BCUT2D eigenvalue weighted by Crippen LogP contribution is 2.30. The number of para-hydroxylation sites is 1. The number of aromatic nitrogens is 1. The summed E-state index contributed by atoms with van der Waals surface area (Å²) in [5.74, 6) is -0.669. The van der Waals surface area contributed by atoms with Crippen LogP contribution >= 0.6 is 11.6 Å². The number of ketones is 1. The number of nitrogens with zero attached hydrogens (tertiary/aromatic N) is 1. The molecular weight excluding hydrogens is 398 g/mol. The fourth-order valence-corrected chi connectivity index (χ4v) is 3.65. The van der Waals surface area contributed by atoms with E-state index in [9.17, 15) is 9.59 Å². The number of pyridine rings is 1. The van der Waals surface area contributed by atoms with Crippen molar-refractivity contribution >= 4 is 40.2 Å². The lowest BCUT2D eigenvalue weighted by Gasteiger charge is -2.07. The number of hydrogen-bond donors (Lipinski definition) is 2. The van der Waals surface area contributed by atoms with Gasteiger partial charge in [-0.2, -0.15) is 0 Å². The van der Waals surface area contributed by atoms with Gasteiger partial charge in [0.2, 0.25) is 5.78 Å². The van der Waals surface area contributed by atoms with E-state index in [4.69, 9.17) is 17.3 Å². The Balaban J connectivity index is 1.84. The normalized spacial score (nSPS) is 10.9. The predicted molar refractivity (Wildman–Crippen MR) is 121 cm³/mol. The third-order valence-electron chi connectivity index (χ3n) is 5.21. The van der Waals surface area contributed by atoms with E-state index in [0.29, 0.717) is 21.8 Å². The summed E-state index contributed by atoms with van der Waals surface area (Å²) >= 11 is 6.17. The number of fused-ring (bicyclic) bond motifs is 1. The number of nitrogen functional groups attached to an aromatic ring is 1. The zero-order valence-electron chi connectivity index (χ0n) is 16.6. The van der Waals surface area contributed by atoms with E-state index in [0.717, 1.165) is 11.1 Å². The molecule has 150 valence electrons. The first-order valence-corrected chi connectivity index (χ1v) is 9.82. The minimum absolute atomic E-state index is 0.133. The van der Waals surface area contributed by atoms with Crippen molar-refractivity contribution < 1.29 is 9.59 Å². The molecule has 2 aromatic carbocycles. The zero-order chi connectivity index (χ0) is 21.4. The molecule has 0 bridgehead atoms. The van der Waals surface area contributed by atoms with Crippen LogP contribution in [0.5, 0.6) is 0 Å². The number of carbonyl (C=O) groups is 2. The second-order valence-corrected chi connectivity index (χ2v) is 7.56. The van der Waals surface area contributed by atoms with Gasteiger partial charge in [0.05, 0.1) is 27.5 Å². The lowest BCUT2D eigenvalue weighted by molar-refractivity contribution is 0.102. The molecule has 0 aliphatic rings. The van der Waals surface area contributed by atoms with Crippen molar-refractivity contribution in [2.75, 3.05) is 11.1 Å². The van der Waals surface area contributed by atoms with E-state index in [1.165, 1.54) is 0 Å². The van der Waals surface area contributed by atoms with E-state index in [-0.39, 0.29) is 22.7 Å². The number of rotatable bonds is 4. The van der Waals surface area contributed by atoms with E-state index >= 15 is 0 Å². The summed E-state index contributed by atoms with van der Waals surface area (Å²) in [6.45, 7) is 3.94. The van der Waals surface area contributed by atoms with Crippen molar-refractivity contribution in [1.29, 1.82) is 0 Å². The molecule has 3 N–H and O–H groups in total. The van der Waals surface area contributed by atoms with Crippen LogP contribution < -0.4 is 11.1 Å². The van der Waals surface area contributed by atoms with Gasteiger partial charge in [0, 0.05) is 11.8 Å². The lowest BCUT2D eigenvalue weighted by atomic mass is 10.0. The Morgan fingerprint density at radius 1 is 0.967 bits per heavy atom. The minimum atomic E-state index is -0.427. The molecule has 6 heteroatoms.